The Morgan fingerprint density at radius 1 is 1.36 bits per heavy atom. The number of rotatable bonds is 3. The van der Waals surface area contributed by atoms with Crippen LogP contribution in [0.1, 0.15) is 16.2 Å². The van der Waals surface area contributed by atoms with Crippen molar-refractivity contribution in [1.29, 1.82) is 0 Å². The number of aromatic nitrogens is 1. The lowest BCUT2D eigenvalue weighted by Gasteiger charge is -2.02. The van der Waals surface area contributed by atoms with Crippen molar-refractivity contribution in [3.63, 3.8) is 0 Å². The summed E-state index contributed by atoms with van der Waals surface area (Å²) >= 11 is 5.80. The van der Waals surface area contributed by atoms with Crippen LogP contribution in [0.15, 0.2) is 34.7 Å². The Hall–Kier alpha value is -2.73. The van der Waals surface area contributed by atoms with Crippen molar-refractivity contribution in [3.05, 3.63) is 46.7 Å². The van der Waals surface area contributed by atoms with E-state index in [-0.39, 0.29) is 17.4 Å². The van der Waals surface area contributed by atoms with E-state index in [1.165, 1.54) is 6.07 Å². The molecule has 3 aromatic rings. The maximum atomic E-state index is 11.3. The van der Waals surface area contributed by atoms with Gasteiger partial charge in [0.1, 0.15) is 5.75 Å². The van der Waals surface area contributed by atoms with E-state index < -0.39 is 5.91 Å². The molecule has 0 bridgehead atoms. The molecular formula is C15H11ClN2O4. The highest BCUT2D eigenvalue weighted by atomic mass is 35.5. The number of halogens is 1. The van der Waals surface area contributed by atoms with Crippen molar-refractivity contribution >= 4 is 28.5 Å². The lowest BCUT2D eigenvalue weighted by Crippen LogP contribution is -2.13. The zero-order chi connectivity index (χ0) is 15.9. The first-order chi connectivity index (χ1) is 10.5. The molecular weight excluding hydrogens is 308 g/mol. The van der Waals surface area contributed by atoms with Crippen LogP contribution in [0.3, 0.4) is 0 Å². The van der Waals surface area contributed by atoms with Gasteiger partial charge in [0.25, 0.3) is 11.9 Å². The number of nitrogens with zero attached hydrogens (tertiary/aromatic N) is 1. The number of furan rings is 1. The average Bonchev–Trinajstić information content (AvgIpc) is 2.90. The number of pyridine rings is 1. The predicted molar refractivity (Wildman–Crippen MR) is 80.5 cm³/mol. The molecule has 6 nitrogen and oxygen atoms in total. The molecule has 3 N–H and O–H groups in total. The van der Waals surface area contributed by atoms with Gasteiger partial charge in [0.15, 0.2) is 17.0 Å². The van der Waals surface area contributed by atoms with Crippen LogP contribution in [0.4, 0.5) is 0 Å². The number of ether oxygens (including phenoxy) is 1. The molecule has 3 rings (SSSR count). The minimum absolute atomic E-state index is 0.152. The number of carbonyl (C=O) groups is 1. The van der Waals surface area contributed by atoms with Crippen LogP contribution in [-0.4, -0.2) is 16.0 Å². The first-order valence-electron chi connectivity index (χ1n) is 6.32. The molecule has 0 fully saturated rings. The van der Waals surface area contributed by atoms with Crippen molar-refractivity contribution in [3.8, 4) is 17.4 Å². The molecule has 2 aromatic heterocycles. The minimum atomic E-state index is -0.816. The van der Waals surface area contributed by atoms with Crippen LogP contribution in [-0.2, 0) is 0 Å². The van der Waals surface area contributed by atoms with Crippen molar-refractivity contribution in [2.45, 2.75) is 6.92 Å². The summed E-state index contributed by atoms with van der Waals surface area (Å²) in [6.45, 7) is 1.64. The van der Waals surface area contributed by atoms with Crippen LogP contribution in [0, 0.1) is 6.92 Å². The highest BCUT2D eigenvalue weighted by molar-refractivity contribution is 6.30. The van der Waals surface area contributed by atoms with Gasteiger partial charge in [-0.25, -0.2) is 4.98 Å². The second-order valence-electron chi connectivity index (χ2n) is 4.62. The third-order valence-corrected chi connectivity index (χ3v) is 3.31. The van der Waals surface area contributed by atoms with E-state index in [1.807, 2.05) is 0 Å². The Morgan fingerprint density at radius 3 is 2.68 bits per heavy atom. The van der Waals surface area contributed by atoms with Gasteiger partial charge >= 0.3 is 0 Å². The minimum Gasteiger partial charge on any atom is -0.505 e. The fraction of sp³-hybridized carbons (Fsp3) is 0.0667. The van der Waals surface area contributed by atoms with E-state index in [1.54, 1.807) is 31.2 Å². The summed E-state index contributed by atoms with van der Waals surface area (Å²) in [4.78, 5) is 15.2. The SMILES string of the molecule is Cc1nc(C(N)=O)c(O)c2cc(Oc3ccc(Cl)cc3)oc12. The number of primary amides is 1. The number of hydrogen-bond donors (Lipinski definition) is 2. The third kappa shape index (κ3) is 2.44. The summed E-state index contributed by atoms with van der Waals surface area (Å²) in [6.07, 6.45) is 0. The first kappa shape index (κ1) is 14.2. The lowest BCUT2D eigenvalue weighted by molar-refractivity contribution is 0.0993. The molecule has 1 aromatic carbocycles. The van der Waals surface area contributed by atoms with Crippen LogP contribution in [0.2, 0.25) is 5.02 Å². The van der Waals surface area contributed by atoms with Gasteiger partial charge in [0, 0.05) is 11.1 Å². The third-order valence-electron chi connectivity index (χ3n) is 3.06. The van der Waals surface area contributed by atoms with Gasteiger partial charge < -0.3 is 20.0 Å². The molecule has 112 valence electrons. The van der Waals surface area contributed by atoms with Gasteiger partial charge in [-0.15, -0.1) is 0 Å². The standard InChI is InChI=1S/C15H11ClN2O4/c1-7-14-10(13(19)12(18-7)15(17)20)6-11(22-14)21-9-4-2-8(16)3-5-9/h2-6,19H,1H3,(H2,17,20). The molecule has 0 aliphatic heterocycles. The normalized spacial score (nSPS) is 10.8. The summed E-state index contributed by atoms with van der Waals surface area (Å²) in [5, 5.41) is 11.0. The molecule has 0 aliphatic carbocycles. The zero-order valence-electron chi connectivity index (χ0n) is 11.5. The number of fused-ring (bicyclic) bond motifs is 1. The van der Waals surface area contributed by atoms with Crippen LogP contribution >= 0.6 is 11.6 Å². The summed E-state index contributed by atoms with van der Waals surface area (Å²) < 4.78 is 11.1. The zero-order valence-corrected chi connectivity index (χ0v) is 12.2. The van der Waals surface area contributed by atoms with Crippen molar-refractivity contribution < 1.29 is 19.1 Å². The molecule has 0 saturated carbocycles. The molecule has 22 heavy (non-hydrogen) atoms. The van der Waals surface area contributed by atoms with Crippen molar-refractivity contribution in [2.75, 3.05) is 0 Å². The Balaban J connectivity index is 2.06. The number of carbonyl (C=O) groups excluding carboxylic acids is 1. The Morgan fingerprint density at radius 2 is 2.05 bits per heavy atom. The highest BCUT2D eigenvalue weighted by Crippen LogP contribution is 2.36. The largest absolute Gasteiger partial charge is 0.505 e. The van der Waals surface area contributed by atoms with Gasteiger partial charge in [0.05, 0.1) is 11.1 Å². The van der Waals surface area contributed by atoms with E-state index in [0.717, 1.165) is 0 Å². The molecule has 0 spiro atoms. The van der Waals surface area contributed by atoms with Gasteiger partial charge in [-0.2, -0.15) is 0 Å². The van der Waals surface area contributed by atoms with Gasteiger partial charge in [-0.05, 0) is 31.2 Å². The van der Waals surface area contributed by atoms with Gasteiger partial charge in [0.2, 0.25) is 0 Å². The monoisotopic (exact) mass is 318 g/mol. The Labute approximate surface area is 130 Å². The molecule has 0 aliphatic rings. The maximum absolute atomic E-state index is 11.3. The number of hydrogen-bond acceptors (Lipinski definition) is 5. The second kappa shape index (κ2) is 5.23. The molecule has 7 heteroatoms. The topological polar surface area (TPSA) is 98.6 Å². The summed E-state index contributed by atoms with van der Waals surface area (Å²) in [5.74, 6) is -0.477. The van der Waals surface area contributed by atoms with Gasteiger partial charge in [-0.3, -0.25) is 4.79 Å². The number of aryl methyl sites for hydroxylation is 1. The molecule has 0 unspecified atom stereocenters. The van der Waals surface area contributed by atoms with Crippen molar-refractivity contribution in [1.82, 2.24) is 4.98 Å². The summed E-state index contributed by atoms with van der Waals surface area (Å²) in [7, 11) is 0. The van der Waals surface area contributed by atoms with E-state index >= 15 is 0 Å². The second-order valence-corrected chi connectivity index (χ2v) is 5.06. The number of benzene rings is 1. The van der Waals surface area contributed by atoms with Crippen LogP contribution < -0.4 is 10.5 Å². The van der Waals surface area contributed by atoms with E-state index in [2.05, 4.69) is 4.98 Å². The molecule has 0 radical (unpaired) electrons. The lowest BCUT2D eigenvalue weighted by atomic mass is 10.2. The Bertz CT molecular complexity index is 871. The molecule has 2 heterocycles. The smallest absolute Gasteiger partial charge is 0.291 e. The molecule has 0 atom stereocenters. The maximum Gasteiger partial charge on any atom is 0.291 e. The van der Waals surface area contributed by atoms with Gasteiger partial charge in [-0.1, -0.05) is 11.6 Å². The van der Waals surface area contributed by atoms with Crippen LogP contribution in [0.5, 0.6) is 17.4 Å². The van der Waals surface area contributed by atoms with Crippen LogP contribution in [0.25, 0.3) is 11.0 Å². The predicted octanol–water partition coefficient (Wildman–Crippen LogP) is 3.39. The van der Waals surface area contributed by atoms with E-state index in [0.29, 0.717) is 27.4 Å². The number of amides is 1. The number of nitrogens with two attached hydrogens (primary N) is 1. The molecule has 0 saturated heterocycles. The van der Waals surface area contributed by atoms with E-state index in [9.17, 15) is 9.90 Å². The summed E-state index contributed by atoms with van der Waals surface area (Å²) in [5.41, 5.74) is 5.73. The molecule has 1 amide bonds. The fourth-order valence-corrected chi connectivity index (χ4v) is 2.18. The van der Waals surface area contributed by atoms with Crippen molar-refractivity contribution in [2.24, 2.45) is 5.73 Å². The summed E-state index contributed by atoms with van der Waals surface area (Å²) in [6, 6.07) is 8.18. The quantitative estimate of drug-likeness (QED) is 0.771. The number of aromatic hydroxyl groups is 1. The van der Waals surface area contributed by atoms with E-state index in [4.69, 9.17) is 26.5 Å². The Kier molecular flexibility index (Phi) is 3.38. The highest BCUT2D eigenvalue weighted by Gasteiger charge is 2.19. The first-order valence-corrected chi connectivity index (χ1v) is 6.70. The fourth-order valence-electron chi connectivity index (χ4n) is 2.05. The average molecular weight is 319 g/mol.